The van der Waals surface area contributed by atoms with Gasteiger partial charge in [-0.1, -0.05) is 12.1 Å². The van der Waals surface area contributed by atoms with Crippen LogP contribution in [-0.2, 0) is 29.5 Å². The van der Waals surface area contributed by atoms with Crippen LogP contribution in [0.2, 0.25) is 0 Å². The summed E-state index contributed by atoms with van der Waals surface area (Å²) in [7, 11) is 5.70. The first kappa shape index (κ1) is 24.9. The van der Waals surface area contributed by atoms with E-state index in [2.05, 4.69) is 5.32 Å². The number of carbonyl (C=O) groups is 3. The molecule has 8 nitrogen and oxygen atoms in total. The van der Waals surface area contributed by atoms with E-state index in [1.54, 1.807) is 12.1 Å². The number of hydrogen-bond donors (Lipinski definition) is 1. The Morgan fingerprint density at radius 2 is 1.91 bits per heavy atom. The lowest BCUT2D eigenvalue weighted by atomic mass is 9.74. The number of likely N-dealkylation sites (N-methyl/N-ethyl adjacent to an activating group) is 1. The Morgan fingerprint density at radius 3 is 2.54 bits per heavy atom. The van der Waals surface area contributed by atoms with Crippen LogP contribution in [0.4, 0.5) is 9.18 Å². The van der Waals surface area contributed by atoms with Gasteiger partial charge >= 0.3 is 6.03 Å². The Morgan fingerprint density at radius 1 is 1.17 bits per heavy atom. The van der Waals surface area contributed by atoms with Crippen molar-refractivity contribution in [3.8, 4) is 0 Å². The molecule has 2 aromatic rings. The fourth-order valence-corrected chi connectivity index (χ4v) is 5.23. The number of halogens is 1. The Labute approximate surface area is 205 Å². The lowest BCUT2D eigenvalue weighted by molar-refractivity contribution is -0.135. The Hall–Kier alpha value is -3.20. The summed E-state index contributed by atoms with van der Waals surface area (Å²) in [6, 6.07) is 7.72. The summed E-state index contributed by atoms with van der Waals surface area (Å²) in [5, 5.41) is 3.01. The van der Waals surface area contributed by atoms with E-state index >= 15 is 0 Å². The average molecular weight is 484 g/mol. The lowest BCUT2D eigenvalue weighted by Gasteiger charge is -2.41. The fraction of sp³-hybridized carbons (Fsp3) is 0.500. The molecule has 9 heteroatoms. The van der Waals surface area contributed by atoms with Crippen molar-refractivity contribution in [2.75, 3.05) is 40.3 Å². The smallest absolute Gasteiger partial charge is 0.325 e. The number of urea groups is 1. The topological polar surface area (TPSA) is 77.9 Å². The monoisotopic (exact) mass is 483 g/mol. The molecular formula is C26H34FN5O3. The van der Waals surface area contributed by atoms with Crippen LogP contribution in [0.15, 0.2) is 42.7 Å². The number of nitrogens with one attached hydrogen (secondary N) is 1. The molecule has 0 spiro atoms. The molecular weight excluding hydrogens is 449 g/mol. The zero-order valence-corrected chi connectivity index (χ0v) is 20.7. The molecule has 35 heavy (non-hydrogen) atoms. The molecule has 2 aliphatic heterocycles. The predicted molar refractivity (Wildman–Crippen MR) is 130 cm³/mol. The van der Waals surface area contributed by atoms with Crippen molar-refractivity contribution >= 4 is 17.8 Å². The van der Waals surface area contributed by atoms with Gasteiger partial charge in [0.05, 0.1) is 6.42 Å². The van der Waals surface area contributed by atoms with Gasteiger partial charge in [0.25, 0.3) is 5.91 Å². The molecule has 3 heterocycles. The van der Waals surface area contributed by atoms with E-state index in [0.717, 1.165) is 5.56 Å². The van der Waals surface area contributed by atoms with Crippen molar-refractivity contribution in [1.82, 2.24) is 24.6 Å². The minimum atomic E-state index is -1.15. The van der Waals surface area contributed by atoms with Gasteiger partial charge in [-0.3, -0.25) is 14.5 Å². The van der Waals surface area contributed by atoms with Gasteiger partial charge in [-0.2, -0.15) is 0 Å². The first-order valence-corrected chi connectivity index (χ1v) is 12.1. The van der Waals surface area contributed by atoms with Gasteiger partial charge in [0, 0.05) is 52.0 Å². The molecule has 1 atom stereocenters. The van der Waals surface area contributed by atoms with Crippen molar-refractivity contribution in [2.45, 2.75) is 31.2 Å². The maximum absolute atomic E-state index is 14.0. The van der Waals surface area contributed by atoms with Gasteiger partial charge in [0.15, 0.2) is 0 Å². The van der Waals surface area contributed by atoms with E-state index in [4.69, 9.17) is 0 Å². The van der Waals surface area contributed by atoms with E-state index in [1.165, 1.54) is 17.0 Å². The quantitative estimate of drug-likeness (QED) is 0.583. The van der Waals surface area contributed by atoms with Crippen LogP contribution in [0.25, 0.3) is 0 Å². The lowest BCUT2D eigenvalue weighted by Crippen LogP contribution is -2.58. The van der Waals surface area contributed by atoms with Crippen molar-refractivity contribution in [1.29, 1.82) is 0 Å². The number of aryl methyl sites for hydroxylation is 1. The normalized spacial score (nSPS) is 21.2. The third kappa shape index (κ3) is 5.40. The summed E-state index contributed by atoms with van der Waals surface area (Å²) in [6.07, 6.45) is 5.59. The number of likely N-dealkylation sites (tertiary alicyclic amines) is 1. The Kier molecular flexibility index (Phi) is 7.25. The molecule has 0 aliphatic carbocycles. The van der Waals surface area contributed by atoms with Crippen molar-refractivity contribution in [3.63, 3.8) is 0 Å². The van der Waals surface area contributed by atoms with E-state index in [-0.39, 0.29) is 36.5 Å². The summed E-state index contributed by atoms with van der Waals surface area (Å²) < 4.78 is 15.9. The zero-order valence-electron chi connectivity index (χ0n) is 20.7. The molecule has 0 bridgehead atoms. The standard InChI is InChI=1S/C26H34FN5O3/c1-29(2)13-14-32-24(34)26(28-25(32)35,17-19-5-4-6-22(27)15-19)21-8-11-31(12-9-21)23(33)16-20-7-10-30(3)18-20/h4-7,10,15,18,21H,8-9,11-14,16-17H2,1-3H3,(H,28,35). The summed E-state index contributed by atoms with van der Waals surface area (Å²) in [4.78, 5) is 44.6. The number of nitrogens with zero attached hydrogens (tertiary/aromatic N) is 4. The van der Waals surface area contributed by atoms with Crippen LogP contribution in [0.1, 0.15) is 24.0 Å². The largest absolute Gasteiger partial charge is 0.357 e. The number of benzene rings is 1. The van der Waals surface area contributed by atoms with Crippen LogP contribution >= 0.6 is 0 Å². The van der Waals surface area contributed by atoms with E-state index in [0.29, 0.717) is 44.5 Å². The molecule has 4 rings (SSSR count). The predicted octanol–water partition coefficient (Wildman–Crippen LogP) is 2.04. The van der Waals surface area contributed by atoms with Crippen LogP contribution in [0, 0.1) is 11.7 Å². The van der Waals surface area contributed by atoms with Crippen LogP contribution < -0.4 is 5.32 Å². The van der Waals surface area contributed by atoms with Crippen molar-refractivity contribution < 1.29 is 18.8 Å². The third-order valence-electron chi connectivity index (χ3n) is 7.14. The van der Waals surface area contributed by atoms with Gasteiger partial charge in [0.1, 0.15) is 11.4 Å². The number of hydrogen-bond acceptors (Lipinski definition) is 4. The highest BCUT2D eigenvalue weighted by Gasteiger charge is 2.55. The minimum Gasteiger partial charge on any atom is -0.357 e. The van der Waals surface area contributed by atoms with Gasteiger partial charge in [-0.15, -0.1) is 0 Å². The Bertz CT molecular complexity index is 1090. The molecule has 1 unspecified atom stereocenters. The minimum absolute atomic E-state index is 0.0585. The molecule has 0 radical (unpaired) electrons. The van der Waals surface area contributed by atoms with E-state index in [1.807, 2.05) is 54.0 Å². The fourth-order valence-electron chi connectivity index (χ4n) is 5.23. The summed E-state index contributed by atoms with van der Waals surface area (Å²) in [6.45, 7) is 1.88. The van der Waals surface area contributed by atoms with Gasteiger partial charge in [-0.25, -0.2) is 9.18 Å². The van der Waals surface area contributed by atoms with Crippen molar-refractivity contribution in [2.24, 2.45) is 13.0 Å². The molecule has 2 fully saturated rings. The molecule has 2 saturated heterocycles. The van der Waals surface area contributed by atoms with E-state index < -0.39 is 11.6 Å². The number of rotatable bonds is 8. The second-order valence-corrected chi connectivity index (χ2v) is 9.99. The van der Waals surface area contributed by atoms with Gasteiger partial charge in [-0.05, 0) is 62.2 Å². The number of imide groups is 1. The number of piperidine rings is 1. The van der Waals surface area contributed by atoms with Gasteiger partial charge in [0.2, 0.25) is 5.91 Å². The highest BCUT2D eigenvalue weighted by molar-refractivity contribution is 6.07. The maximum Gasteiger partial charge on any atom is 0.325 e. The molecule has 1 N–H and O–H groups in total. The molecule has 2 aliphatic rings. The van der Waals surface area contributed by atoms with Crippen molar-refractivity contribution in [3.05, 3.63) is 59.7 Å². The highest BCUT2D eigenvalue weighted by atomic mass is 19.1. The first-order chi connectivity index (χ1) is 16.7. The van der Waals surface area contributed by atoms with Gasteiger partial charge < -0.3 is 19.7 Å². The van der Waals surface area contributed by atoms with E-state index in [9.17, 15) is 18.8 Å². The molecule has 4 amide bonds. The number of amides is 4. The second-order valence-electron chi connectivity index (χ2n) is 9.99. The van der Waals surface area contributed by atoms with Crippen LogP contribution in [0.5, 0.6) is 0 Å². The summed E-state index contributed by atoms with van der Waals surface area (Å²) >= 11 is 0. The SMILES string of the molecule is CN(C)CCN1C(=O)NC(Cc2cccc(F)c2)(C2CCN(C(=O)Cc3ccn(C)c3)CC2)C1=O. The molecule has 188 valence electrons. The number of aromatic nitrogens is 1. The average Bonchev–Trinajstić information content (AvgIpc) is 3.32. The maximum atomic E-state index is 14.0. The summed E-state index contributed by atoms with van der Waals surface area (Å²) in [5.41, 5.74) is 0.485. The van der Waals surface area contributed by atoms with Crippen LogP contribution in [0.3, 0.4) is 0 Å². The number of carbonyl (C=O) groups excluding carboxylic acids is 3. The highest BCUT2D eigenvalue weighted by Crippen LogP contribution is 2.36. The Balaban J connectivity index is 1.51. The molecule has 0 saturated carbocycles. The first-order valence-electron chi connectivity index (χ1n) is 12.1. The second kappa shape index (κ2) is 10.2. The van der Waals surface area contributed by atoms with Crippen LogP contribution in [-0.4, -0.2) is 82.9 Å². The third-order valence-corrected chi connectivity index (χ3v) is 7.14. The zero-order chi connectivity index (χ0) is 25.2. The summed E-state index contributed by atoms with van der Waals surface area (Å²) in [5.74, 6) is -0.738. The molecule has 1 aromatic carbocycles. The molecule has 1 aromatic heterocycles.